The highest BCUT2D eigenvalue weighted by atomic mass is 16.5. The number of hydrogen-bond acceptors (Lipinski definition) is 5. The highest BCUT2D eigenvalue weighted by molar-refractivity contribution is 5.99. The van der Waals surface area contributed by atoms with Crippen LogP contribution < -0.4 is 15.4 Å². The summed E-state index contributed by atoms with van der Waals surface area (Å²) < 4.78 is 7.26. The van der Waals surface area contributed by atoms with Crippen LogP contribution in [-0.2, 0) is 11.2 Å². The molecule has 0 aliphatic heterocycles. The van der Waals surface area contributed by atoms with Gasteiger partial charge in [0.25, 0.3) is 0 Å². The third-order valence-corrected chi connectivity index (χ3v) is 4.42. The minimum Gasteiger partial charge on any atom is -0.481 e. The van der Waals surface area contributed by atoms with E-state index < -0.39 is 12.0 Å². The van der Waals surface area contributed by atoms with Crippen molar-refractivity contribution in [3.63, 3.8) is 0 Å². The number of ether oxygens (including phenoxy) is 1. The Labute approximate surface area is 183 Å². The molecule has 0 bridgehead atoms. The SMILES string of the molecule is O=C(O)Cc1ccc(-n2nccc2NC(=O)Nc2ccc(Oc3ccncc3)cc2)cc1. The number of carboxylic acid groups (broad SMARTS) is 1. The largest absolute Gasteiger partial charge is 0.481 e. The van der Waals surface area contributed by atoms with E-state index in [1.807, 2.05) is 0 Å². The molecule has 0 spiro atoms. The van der Waals surface area contributed by atoms with Crippen LogP contribution in [-0.4, -0.2) is 31.9 Å². The van der Waals surface area contributed by atoms with Crippen LogP contribution in [0.15, 0.2) is 85.3 Å². The zero-order chi connectivity index (χ0) is 22.3. The summed E-state index contributed by atoms with van der Waals surface area (Å²) in [6.45, 7) is 0. The topological polar surface area (TPSA) is 118 Å². The van der Waals surface area contributed by atoms with Gasteiger partial charge in [0.1, 0.15) is 17.3 Å². The Morgan fingerprint density at radius 2 is 1.53 bits per heavy atom. The van der Waals surface area contributed by atoms with Gasteiger partial charge in [0.15, 0.2) is 0 Å². The predicted octanol–water partition coefficient (Wildman–Crippen LogP) is 4.33. The lowest BCUT2D eigenvalue weighted by atomic mass is 10.1. The van der Waals surface area contributed by atoms with E-state index in [-0.39, 0.29) is 6.42 Å². The van der Waals surface area contributed by atoms with E-state index in [0.29, 0.717) is 34.3 Å². The van der Waals surface area contributed by atoms with Crippen molar-refractivity contribution in [1.29, 1.82) is 0 Å². The normalized spacial score (nSPS) is 10.4. The molecular weight excluding hydrogens is 410 g/mol. The summed E-state index contributed by atoms with van der Waals surface area (Å²) in [5.74, 6) is 0.869. The lowest BCUT2D eigenvalue weighted by Crippen LogP contribution is -2.21. The van der Waals surface area contributed by atoms with Crippen molar-refractivity contribution in [1.82, 2.24) is 14.8 Å². The molecule has 2 aromatic carbocycles. The number of aromatic nitrogens is 3. The van der Waals surface area contributed by atoms with E-state index in [2.05, 4.69) is 20.7 Å². The minimum atomic E-state index is -0.896. The average Bonchev–Trinajstić information content (AvgIpc) is 3.24. The van der Waals surface area contributed by atoms with Crippen molar-refractivity contribution in [3.05, 3.63) is 90.9 Å². The summed E-state index contributed by atoms with van der Waals surface area (Å²) in [5.41, 5.74) is 1.96. The maximum absolute atomic E-state index is 12.4. The molecule has 0 fully saturated rings. The van der Waals surface area contributed by atoms with Crippen LogP contribution in [0.25, 0.3) is 5.69 Å². The Hall–Kier alpha value is -4.66. The number of nitrogens with one attached hydrogen (secondary N) is 2. The van der Waals surface area contributed by atoms with Crippen molar-refractivity contribution in [2.45, 2.75) is 6.42 Å². The molecule has 160 valence electrons. The van der Waals surface area contributed by atoms with Gasteiger partial charge in [0.05, 0.1) is 18.3 Å². The molecule has 9 heteroatoms. The van der Waals surface area contributed by atoms with Gasteiger partial charge in [-0.05, 0) is 54.1 Å². The van der Waals surface area contributed by atoms with E-state index in [1.54, 1.807) is 90.0 Å². The van der Waals surface area contributed by atoms with Crippen LogP contribution in [0, 0.1) is 0 Å². The maximum atomic E-state index is 12.4. The summed E-state index contributed by atoms with van der Waals surface area (Å²) in [7, 11) is 0. The second-order valence-electron chi connectivity index (χ2n) is 6.75. The maximum Gasteiger partial charge on any atom is 0.324 e. The van der Waals surface area contributed by atoms with Gasteiger partial charge in [-0.3, -0.25) is 15.1 Å². The van der Waals surface area contributed by atoms with Crippen molar-refractivity contribution in [2.75, 3.05) is 10.6 Å². The highest BCUT2D eigenvalue weighted by Gasteiger charge is 2.10. The first kappa shape index (κ1) is 20.6. The molecule has 32 heavy (non-hydrogen) atoms. The second-order valence-corrected chi connectivity index (χ2v) is 6.75. The second kappa shape index (κ2) is 9.43. The quantitative estimate of drug-likeness (QED) is 0.402. The van der Waals surface area contributed by atoms with Gasteiger partial charge in [0, 0.05) is 24.1 Å². The average molecular weight is 429 g/mol. The van der Waals surface area contributed by atoms with E-state index in [9.17, 15) is 9.59 Å². The molecule has 0 aliphatic rings. The summed E-state index contributed by atoms with van der Waals surface area (Å²) >= 11 is 0. The summed E-state index contributed by atoms with van der Waals surface area (Å²) in [5, 5.41) is 18.6. The number of amides is 2. The smallest absolute Gasteiger partial charge is 0.324 e. The molecule has 0 unspecified atom stereocenters. The number of carboxylic acids is 1. The van der Waals surface area contributed by atoms with Crippen molar-refractivity contribution in [2.24, 2.45) is 0 Å². The Balaban J connectivity index is 1.38. The molecular formula is C23H19N5O4. The van der Waals surface area contributed by atoms with Crippen LogP contribution in [0.5, 0.6) is 11.5 Å². The Kier molecular flexibility index (Phi) is 6.08. The molecule has 3 N–H and O–H groups in total. The lowest BCUT2D eigenvalue weighted by Gasteiger charge is -2.11. The Morgan fingerprint density at radius 1 is 0.844 bits per heavy atom. The van der Waals surface area contributed by atoms with Gasteiger partial charge in [-0.2, -0.15) is 5.10 Å². The zero-order valence-corrected chi connectivity index (χ0v) is 16.8. The predicted molar refractivity (Wildman–Crippen MR) is 118 cm³/mol. The van der Waals surface area contributed by atoms with E-state index in [0.717, 1.165) is 0 Å². The number of rotatable bonds is 7. The lowest BCUT2D eigenvalue weighted by molar-refractivity contribution is -0.136. The first-order valence-corrected chi connectivity index (χ1v) is 9.68. The number of anilines is 2. The molecule has 2 amide bonds. The van der Waals surface area contributed by atoms with Gasteiger partial charge >= 0.3 is 12.0 Å². The Bertz CT molecular complexity index is 1210. The fraction of sp³-hybridized carbons (Fsp3) is 0.0435. The van der Waals surface area contributed by atoms with E-state index in [4.69, 9.17) is 9.84 Å². The number of urea groups is 1. The van der Waals surface area contributed by atoms with E-state index in [1.165, 1.54) is 0 Å². The van der Waals surface area contributed by atoms with Crippen LogP contribution in [0.2, 0.25) is 0 Å². The zero-order valence-electron chi connectivity index (χ0n) is 16.8. The van der Waals surface area contributed by atoms with Crippen molar-refractivity contribution < 1.29 is 19.4 Å². The van der Waals surface area contributed by atoms with Crippen molar-refractivity contribution >= 4 is 23.5 Å². The number of carbonyl (C=O) groups is 2. The van der Waals surface area contributed by atoms with Gasteiger partial charge in [-0.15, -0.1) is 0 Å². The molecule has 2 heterocycles. The van der Waals surface area contributed by atoms with Gasteiger partial charge in [-0.1, -0.05) is 12.1 Å². The van der Waals surface area contributed by atoms with Gasteiger partial charge in [0.2, 0.25) is 0 Å². The summed E-state index contributed by atoms with van der Waals surface area (Å²) in [6.07, 6.45) is 4.79. The third-order valence-electron chi connectivity index (χ3n) is 4.42. The molecule has 0 saturated heterocycles. The molecule has 9 nitrogen and oxygen atoms in total. The first-order chi connectivity index (χ1) is 15.6. The standard InChI is InChI=1S/C23H19N5O4/c29-22(30)15-16-1-5-18(6-2-16)28-21(11-14-25-28)27-23(31)26-17-3-7-19(8-4-17)32-20-9-12-24-13-10-20/h1-14H,15H2,(H,29,30)(H2,26,27,31). The number of aliphatic carboxylic acids is 1. The first-order valence-electron chi connectivity index (χ1n) is 9.68. The number of hydrogen-bond donors (Lipinski definition) is 3. The number of nitrogens with zero attached hydrogens (tertiary/aromatic N) is 3. The molecule has 0 saturated carbocycles. The molecule has 0 aliphatic carbocycles. The Morgan fingerprint density at radius 3 is 2.22 bits per heavy atom. The molecule has 0 atom stereocenters. The fourth-order valence-electron chi connectivity index (χ4n) is 2.96. The van der Waals surface area contributed by atoms with Crippen LogP contribution in [0.1, 0.15) is 5.56 Å². The van der Waals surface area contributed by atoms with Crippen LogP contribution in [0.3, 0.4) is 0 Å². The molecule has 2 aromatic heterocycles. The van der Waals surface area contributed by atoms with Crippen LogP contribution >= 0.6 is 0 Å². The monoisotopic (exact) mass is 429 g/mol. The highest BCUT2D eigenvalue weighted by Crippen LogP contribution is 2.22. The van der Waals surface area contributed by atoms with Crippen molar-refractivity contribution in [3.8, 4) is 17.2 Å². The molecule has 4 rings (SSSR count). The minimum absolute atomic E-state index is 0.0563. The van der Waals surface area contributed by atoms with Gasteiger partial charge < -0.3 is 15.2 Å². The summed E-state index contributed by atoms with van der Waals surface area (Å²) in [4.78, 5) is 27.2. The third kappa shape index (κ3) is 5.28. The number of carbonyl (C=O) groups excluding carboxylic acids is 1. The number of pyridine rings is 1. The summed E-state index contributed by atoms with van der Waals surface area (Å²) in [6, 6.07) is 18.6. The molecule has 0 radical (unpaired) electrons. The fourth-order valence-corrected chi connectivity index (χ4v) is 2.96. The molecule has 4 aromatic rings. The van der Waals surface area contributed by atoms with Crippen LogP contribution in [0.4, 0.5) is 16.3 Å². The van der Waals surface area contributed by atoms with Gasteiger partial charge in [-0.25, -0.2) is 9.48 Å². The number of benzene rings is 2. The van der Waals surface area contributed by atoms with E-state index >= 15 is 0 Å².